The highest BCUT2D eigenvalue weighted by Gasteiger charge is 2.11. The minimum absolute atomic E-state index is 0.639. The van der Waals surface area contributed by atoms with Crippen molar-refractivity contribution in [3.05, 3.63) is 52.8 Å². The Morgan fingerprint density at radius 2 is 1.94 bits per heavy atom. The van der Waals surface area contributed by atoms with E-state index < -0.39 is 0 Å². The Kier molecular flexibility index (Phi) is 2.76. The standard InChI is InChI=1S/C13H10BrN3O/c1-9-12(14)13-15-8-7-11(17(13)16-9)18-10-5-3-2-4-6-10/h2-8H,1H3. The van der Waals surface area contributed by atoms with Gasteiger partial charge in [0.05, 0.1) is 10.2 Å². The van der Waals surface area contributed by atoms with E-state index in [4.69, 9.17) is 4.74 Å². The predicted octanol–water partition coefficient (Wildman–Crippen LogP) is 3.59. The average molecular weight is 304 g/mol. The van der Waals surface area contributed by atoms with Crippen LogP contribution in [-0.4, -0.2) is 14.6 Å². The van der Waals surface area contributed by atoms with E-state index in [2.05, 4.69) is 26.0 Å². The van der Waals surface area contributed by atoms with Crippen molar-refractivity contribution in [1.29, 1.82) is 0 Å². The van der Waals surface area contributed by atoms with Crippen molar-refractivity contribution in [3.8, 4) is 11.6 Å². The number of hydrogen-bond acceptors (Lipinski definition) is 3. The molecule has 0 amide bonds. The molecule has 4 nitrogen and oxygen atoms in total. The van der Waals surface area contributed by atoms with E-state index in [-0.39, 0.29) is 0 Å². The van der Waals surface area contributed by atoms with E-state index in [1.54, 1.807) is 16.8 Å². The number of nitrogens with zero attached hydrogens (tertiary/aromatic N) is 3. The average Bonchev–Trinajstić information content (AvgIpc) is 2.69. The molecule has 2 heterocycles. The molecule has 0 fully saturated rings. The smallest absolute Gasteiger partial charge is 0.223 e. The number of aromatic nitrogens is 3. The predicted molar refractivity (Wildman–Crippen MR) is 71.9 cm³/mol. The van der Waals surface area contributed by atoms with Crippen LogP contribution in [0.3, 0.4) is 0 Å². The quantitative estimate of drug-likeness (QED) is 0.726. The number of aryl methyl sites for hydroxylation is 1. The molecule has 3 rings (SSSR count). The Bertz CT molecular complexity index is 694. The summed E-state index contributed by atoms with van der Waals surface area (Å²) in [5.74, 6) is 1.41. The lowest BCUT2D eigenvalue weighted by atomic mass is 10.3. The van der Waals surface area contributed by atoms with Crippen LogP contribution in [0.5, 0.6) is 11.6 Å². The molecular weight excluding hydrogens is 294 g/mol. The summed E-state index contributed by atoms with van der Waals surface area (Å²) in [7, 11) is 0. The number of benzene rings is 1. The van der Waals surface area contributed by atoms with Gasteiger partial charge in [-0.1, -0.05) is 18.2 Å². The second-order valence-electron chi connectivity index (χ2n) is 3.83. The van der Waals surface area contributed by atoms with Crippen LogP contribution in [0.25, 0.3) is 5.65 Å². The molecule has 0 aliphatic rings. The molecule has 0 aliphatic carbocycles. The molecule has 18 heavy (non-hydrogen) atoms. The van der Waals surface area contributed by atoms with Gasteiger partial charge in [-0.2, -0.15) is 9.61 Å². The monoisotopic (exact) mass is 303 g/mol. The van der Waals surface area contributed by atoms with Gasteiger partial charge in [0.1, 0.15) is 5.75 Å². The summed E-state index contributed by atoms with van der Waals surface area (Å²) < 4.78 is 8.38. The second kappa shape index (κ2) is 4.42. The van der Waals surface area contributed by atoms with Gasteiger partial charge in [-0.25, -0.2) is 4.98 Å². The van der Waals surface area contributed by atoms with Gasteiger partial charge in [-0.05, 0) is 35.0 Å². The number of ether oxygens (including phenoxy) is 1. The van der Waals surface area contributed by atoms with Crippen molar-refractivity contribution in [1.82, 2.24) is 14.6 Å². The van der Waals surface area contributed by atoms with E-state index in [1.807, 2.05) is 37.3 Å². The van der Waals surface area contributed by atoms with Crippen molar-refractivity contribution in [2.24, 2.45) is 0 Å². The summed E-state index contributed by atoms with van der Waals surface area (Å²) in [5, 5.41) is 4.39. The summed E-state index contributed by atoms with van der Waals surface area (Å²) in [5.41, 5.74) is 1.63. The third kappa shape index (κ3) is 1.86. The third-order valence-corrected chi connectivity index (χ3v) is 3.48. The first-order chi connectivity index (χ1) is 8.75. The molecule has 0 bridgehead atoms. The Morgan fingerprint density at radius 1 is 1.17 bits per heavy atom. The molecule has 0 spiro atoms. The van der Waals surface area contributed by atoms with Gasteiger partial charge in [-0.15, -0.1) is 0 Å². The summed E-state index contributed by atoms with van der Waals surface area (Å²) in [6, 6.07) is 11.4. The maximum absolute atomic E-state index is 5.80. The lowest BCUT2D eigenvalue weighted by Crippen LogP contribution is -1.96. The minimum atomic E-state index is 0.639. The number of para-hydroxylation sites is 1. The molecule has 2 aromatic heterocycles. The Morgan fingerprint density at radius 3 is 2.72 bits per heavy atom. The summed E-state index contributed by atoms with van der Waals surface area (Å²) >= 11 is 3.47. The molecule has 5 heteroatoms. The topological polar surface area (TPSA) is 39.4 Å². The zero-order chi connectivity index (χ0) is 12.5. The molecule has 0 unspecified atom stereocenters. The van der Waals surface area contributed by atoms with Crippen molar-refractivity contribution in [2.45, 2.75) is 6.92 Å². The van der Waals surface area contributed by atoms with E-state index in [0.29, 0.717) is 5.88 Å². The molecule has 3 aromatic rings. The molecule has 0 saturated heterocycles. The van der Waals surface area contributed by atoms with Crippen molar-refractivity contribution in [2.75, 3.05) is 0 Å². The van der Waals surface area contributed by atoms with Crippen molar-refractivity contribution >= 4 is 21.6 Å². The maximum atomic E-state index is 5.80. The molecule has 1 aromatic carbocycles. The van der Waals surface area contributed by atoms with Gasteiger partial charge < -0.3 is 4.74 Å². The zero-order valence-electron chi connectivity index (χ0n) is 9.67. The van der Waals surface area contributed by atoms with Gasteiger partial charge in [0.25, 0.3) is 0 Å². The van der Waals surface area contributed by atoms with E-state index in [0.717, 1.165) is 21.6 Å². The largest absolute Gasteiger partial charge is 0.439 e. The van der Waals surface area contributed by atoms with E-state index in [1.165, 1.54) is 0 Å². The SMILES string of the molecule is Cc1nn2c(Oc3ccccc3)ccnc2c1Br. The molecular formula is C13H10BrN3O. The lowest BCUT2D eigenvalue weighted by molar-refractivity contribution is 0.445. The number of halogens is 1. The van der Waals surface area contributed by atoms with Gasteiger partial charge >= 0.3 is 0 Å². The summed E-state index contributed by atoms with van der Waals surface area (Å²) in [6.45, 7) is 1.92. The second-order valence-corrected chi connectivity index (χ2v) is 4.63. The minimum Gasteiger partial charge on any atom is -0.439 e. The number of hydrogen-bond donors (Lipinski definition) is 0. The molecule has 0 atom stereocenters. The highest BCUT2D eigenvalue weighted by Crippen LogP contribution is 2.26. The number of rotatable bonds is 2. The van der Waals surface area contributed by atoms with Gasteiger partial charge in [0.2, 0.25) is 5.88 Å². The van der Waals surface area contributed by atoms with E-state index >= 15 is 0 Å². The molecule has 0 N–H and O–H groups in total. The molecule has 90 valence electrons. The van der Waals surface area contributed by atoms with E-state index in [9.17, 15) is 0 Å². The van der Waals surface area contributed by atoms with Gasteiger partial charge in [0.15, 0.2) is 5.65 Å². The number of fused-ring (bicyclic) bond motifs is 1. The highest BCUT2D eigenvalue weighted by atomic mass is 79.9. The first-order valence-corrected chi connectivity index (χ1v) is 6.28. The van der Waals surface area contributed by atoms with Crippen LogP contribution in [0.1, 0.15) is 5.69 Å². The molecule has 0 saturated carbocycles. The highest BCUT2D eigenvalue weighted by molar-refractivity contribution is 9.10. The fraction of sp³-hybridized carbons (Fsp3) is 0.0769. The van der Waals surface area contributed by atoms with Gasteiger partial charge in [-0.3, -0.25) is 0 Å². The Balaban J connectivity index is 2.10. The fourth-order valence-corrected chi connectivity index (χ4v) is 2.04. The zero-order valence-corrected chi connectivity index (χ0v) is 11.3. The van der Waals surface area contributed by atoms with Crippen molar-refractivity contribution in [3.63, 3.8) is 0 Å². The van der Waals surface area contributed by atoms with Crippen LogP contribution >= 0.6 is 15.9 Å². The summed E-state index contributed by atoms with van der Waals surface area (Å²) in [6.07, 6.45) is 1.71. The van der Waals surface area contributed by atoms with Crippen LogP contribution in [-0.2, 0) is 0 Å². The first-order valence-electron chi connectivity index (χ1n) is 5.48. The van der Waals surface area contributed by atoms with Gasteiger partial charge in [0, 0.05) is 12.3 Å². The Labute approximate surface area is 112 Å². The fourth-order valence-electron chi connectivity index (χ4n) is 1.69. The molecule has 0 aliphatic heterocycles. The Hall–Kier alpha value is -1.88. The van der Waals surface area contributed by atoms with Crippen LogP contribution in [0, 0.1) is 6.92 Å². The maximum Gasteiger partial charge on any atom is 0.223 e. The van der Waals surface area contributed by atoms with Crippen LogP contribution in [0.15, 0.2) is 47.1 Å². The summed E-state index contributed by atoms with van der Waals surface area (Å²) in [4.78, 5) is 4.28. The van der Waals surface area contributed by atoms with Crippen molar-refractivity contribution < 1.29 is 4.74 Å². The lowest BCUT2D eigenvalue weighted by Gasteiger charge is -2.06. The third-order valence-electron chi connectivity index (χ3n) is 2.55. The van der Waals surface area contributed by atoms with Crippen LogP contribution in [0.4, 0.5) is 0 Å². The van der Waals surface area contributed by atoms with Crippen LogP contribution < -0.4 is 4.74 Å². The first kappa shape index (κ1) is 11.2. The molecule has 0 radical (unpaired) electrons. The van der Waals surface area contributed by atoms with Crippen LogP contribution in [0.2, 0.25) is 0 Å². The normalized spacial score (nSPS) is 10.8.